The van der Waals surface area contributed by atoms with Crippen LogP contribution in [0.1, 0.15) is 5.56 Å². The van der Waals surface area contributed by atoms with Gasteiger partial charge >= 0.3 is 4.87 Å². The van der Waals surface area contributed by atoms with Gasteiger partial charge in [0.05, 0.1) is 16.1 Å². The summed E-state index contributed by atoms with van der Waals surface area (Å²) in [6.07, 6.45) is 5.38. The van der Waals surface area contributed by atoms with Gasteiger partial charge in [0.25, 0.3) is 0 Å². The number of hydrogen-bond acceptors (Lipinski definition) is 5. The number of aromatic nitrogens is 4. The molecule has 8 heteroatoms. The second kappa shape index (κ2) is 6.19. The Morgan fingerprint density at radius 1 is 1.28 bits per heavy atom. The van der Waals surface area contributed by atoms with E-state index >= 15 is 0 Å². The van der Waals surface area contributed by atoms with Gasteiger partial charge in [-0.15, -0.1) is 0 Å². The van der Waals surface area contributed by atoms with E-state index < -0.39 is 0 Å². The summed E-state index contributed by atoms with van der Waals surface area (Å²) < 4.78 is 2.44. The van der Waals surface area contributed by atoms with Gasteiger partial charge in [-0.1, -0.05) is 29.5 Å². The minimum Gasteiger partial charge on any atom is -0.340 e. The van der Waals surface area contributed by atoms with E-state index in [1.807, 2.05) is 42.6 Å². The Hall–Kier alpha value is -2.90. The molecule has 0 fully saturated rings. The zero-order valence-corrected chi connectivity index (χ0v) is 14.4. The highest BCUT2D eigenvalue weighted by atomic mass is 35.5. The Kier molecular flexibility index (Phi) is 3.87. The van der Waals surface area contributed by atoms with Gasteiger partial charge in [-0.05, 0) is 36.4 Å². The minimum absolute atomic E-state index is 0.134. The second-order valence-electron chi connectivity index (χ2n) is 5.31. The average molecular weight is 370 g/mol. The van der Waals surface area contributed by atoms with Gasteiger partial charge in [-0.3, -0.25) is 4.79 Å². The minimum atomic E-state index is -0.134. The molecule has 124 valence electrons. The summed E-state index contributed by atoms with van der Waals surface area (Å²) in [6, 6.07) is 9.21. The molecule has 25 heavy (non-hydrogen) atoms. The topological polar surface area (TPSA) is 75.1 Å². The average Bonchev–Trinajstić information content (AvgIpc) is 3.13. The molecule has 1 aromatic carbocycles. The Balaban J connectivity index is 1.76. The smallest absolute Gasteiger partial charge is 0.305 e. The predicted octanol–water partition coefficient (Wildman–Crippen LogP) is 2.12. The molecule has 0 aliphatic rings. The van der Waals surface area contributed by atoms with Crippen molar-refractivity contribution in [3.8, 4) is 0 Å². The fraction of sp³-hybridized carbons (Fsp3) is 0. The summed E-state index contributed by atoms with van der Waals surface area (Å²) in [5, 5.41) is 8.78. The van der Waals surface area contributed by atoms with Crippen LogP contribution < -0.4 is 20.1 Å². The molecule has 0 aliphatic carbocycles. The van der Waals surface area contributed by atoms with E-state index in [1.165, 1.54) is 0 Å². The van der Waals surface area contributed by atoms with Crippen LogP contribution in [0.5, 0.6) is 0 Å². The van der Waals surface area contributed by atoms with Crippen molar-refractivity contribution in [1.29, 1.82) is 0 Å². The highest BCUT2D eigenvalue weighted by Gasteiger charge is 2.06. The molecule has 0 spiro atoms. The lowest BCUT2D eigenvalue weighted by Gasteiger charge is -2.06. The zero-order valence-electron chi connectivity index (χ0n) is 12.9. The number of H-pyrrole nitrogens is 1. The second-order valence-corrected chi connectivity index (χ2v) is 6.77. The SMILES string of the molecule is C=c1[nH]c(=O)s/c1=C\c1cnn2ccc(Nc3ccc(Cl)cc3)nc12. The number of fused-ring (bicyclic) bond motifs is 1. The van der Waals surface area contributed by atoms with Crippen LogP contribution >= 0.6 is 22.9 Å². The Morgan fingerprint density at radius 2 is 2.08 bits per heavy atom. The quantitative estimate of drug-likeness (QED) is 0.580. The third kappa shape index (κ3) is 3.19. The van der Waals surface area contributed by atoms with Crippen LogP contribution in [0.25, 0.3) is 18.3 Å². The van der Waals surface area contributed by atoms with E-state index in [1.54, 1.807) is 10.7 Å². The van der Waals surface area contributed by atoms with E-state index in [0.29, 0.717) is 21.8 Å². The third-order valence-electron chi connectivity index (χ3n) is 3.55. The number of aromatic amines is 1. The van der Waals surface area contributed by atoms with Crippen LogP contribution in [0.2, 0.25) is 5.02 Å². The number of rotatable bonds is 3. The third-order valence-corrected chi connectivity index (χ3v) is 4.68. The first kappa shape index (κ1) is 15.6. The van der Waals surface area contributed by atoms with Crippen LogP contribution in [-0.2, 0) is 0 Å². The number of hydrogen-bond donors (Lipinski definition) is 2. The van der Waals surface area contributed by atoms with Gasteiger partial charge < -0.3 is 10.3 Å². The molecule has 0 saturated carbocycles. The van der Waals surface area contributed by atoms with E-state index in [2.05, 4.69) is 27.0 Å². The Bertz CT molecular complexity index is 1220. The fourth-order valence-corrected chi connectivity index (χ4v) is 3.23. The van der Waals surface area contributed by atoms with Crippen molar-refractivity contribution >= 4 is 52.7 Å². The van der Waals surface area contributed by atoms with Crippen molar-refractivity contribution in [2.24, 2.45) is 0 Å². The first-order valence-electron chi connectivity index (χ1n) is 7.35. The molecule has 0 aliphatic heterocycles. The molecular weight excluding hydrogens is 358 g/mol. The van der Waals surface area contributed by atoms with Crippen molar-refractivity contribution in [3.05, 3.63) is 72.9 Å². The van der Waals surface area contributed by atoms with E-state index in [0.717, 1.165) is 27.1 Å². The molecule has 4 aromatic rings. The molecule has 2 N–H and O–H groups in total. The van der Waals surface area contributed by atoms with E-state index in [4.69, 9.17) is 11.6 Å². The molecule has 0 unspecified atom stereocenters. The predicted molar refractivity (Wildman–Crippen MR) is 101 cm³/mol. The zero-order chi connectivity index (χ0) is 17.4. The van der Waals surface area contributed by atoms with Gasteiger partial charge in [-0.25, -0.2) is 9.50 Å². The molecule has 0 radical (unpaired) electrons. The molecule has 3 heterocycles. The van der Waals surface area contributed by atoms with E-state index in [9.17, 15) is 4.79 Å². The van der Waals surface area contributed by atoms with Crippen LogP contribution in [0, 0.1) is 0 Å². The molecular formula is C17H12ClN5OS. The Labute approximate surface area is 150 Å². The highest BCUT2D eigenvalue weighted by molar-refractivity contribution is 7.07. The van der Waals surface area contributed by atoms with Gasteiger partial charge in [0.15, 0.2) is 5.65 Å². The van der Waals surface area contributed by atoms with Gasteiger partial charge in [0.2, 0.25) is 0 Å². The van der Waals surface area contributed by atoms with Crippen molar-refractivity contribution in [3.63, 3.8) is 0 Å². The molecule has 3 aromatic heterocycles. The van der Waals surface area contributed by atoms with Crippen LogP contribution in [0.15, 0.2) is 47.5 Å². The van der Waals surface area contributed by atoms with Crippen LogP contribution in [-0.4, -0.2) is 19.6 Å². The molecule has 0 saturated heterocycles. The molecule has 0 amide bonds. The molecule has 0 atom stereocenters. The maximum atomic E-state index is 11.4. The lowest BCUT2D eigenvalue weighted by atomic mass is 10.3. The molecule has 4 rings (SSSR count). The van der Waals surface area contributed by atoms with Crippen molar-refractivity contribution in [1.82, 2.24) is 19.6 Å². The number of anilines is 2. The number of halogens is 1. The molecule has 6 nitrogen and oxygen atoms in total. The summed E-state index contributed by atoms with van der Waals surface area (Å²) in [5.41, 5.74) is 2.37. The summed E-state index contributed by atoms with van der Waals surface area (Å²) >= 11 is 7.01. The number of benzene rings is 1. The van der Waals surface area contributed by atoms with Crippen molar-refractivity contribution in [2.75, 3.05) is 5.32 Å². The van der Waals surface area contributed by atoms with Gasteiger partial charge in [-0.2, -0.15) is 5.10 Å². The van der Waals surface area contributed by atoms with E-state index in [-0.39, 0.29) is 4.87 Å². The molecule has 0 bridgehead atoms. The van der Waals surface area contributed by atoms with Crippen LogP contribution in [0.4, 0.5) is 11.5 Å². The standard InChI is InChI=1S/C17H12ClN5OS/c1-10-14(25-17(24)20-10)8-11-9-19-23-7-6-15(22-16(11)23)21-13-4-2-12(18)3-5-13/h2-9H,1H2,(H,20,24)(H,21,22)/b14-8-. The number of thiazole rings is 1. The highest BCUT2D eigenvalue weighted by Crippen LogP contribution is 2.19. The van der Waals surface area contributed by atoms with Gasteiger partial charge in [0, 0.05) is 22.5 Å². The summed E-state index contributed by atoms with van der Waals surface area (Å²) in [5.74, 6) is 0.682. The normalized spacial score (nSPS) is 12.0. The Morgan fingerprint density at radius 3 is 2.80 bits per heavy atom. The maximum absolute atomic E-state index is 11.4. The van der Waals surface area contributed by atoms with Crippen LogP contribution in [0.3, 0.4) is 0 Å². The number of nitrogens with one attached hydrogen (secondary N) is 2. The largest absolute Gasteiger partial charge is 0.340 e. The summed E-state index contributed by atoms with van der Waals surface area (Å²) in [4.78, 5) is 18.6. The lowest BCUT2D eigenvalue weighted by Crippen LogP contribution is -2.19. The lowest BCUT2D eigenvalue weighted by molar-refractivity contribution is 0.941. The van der Waals surface area contributed by atoms with Crippen molar-refractivity contribution in [2.45, 2.75) is 0 Å². The van der Waals surface area contributed by atoms with Crippen molar-refractivity contribution < 1.29 is 0 Å². The first-order chi connectivity index (χ1) is 12.1. The number of nitrogens with zero attached hydrogens (tertiary/aromatic N) is 3. The fourth-order valence-electron chi connectivity index (χ4n) is 2.37. The van der Waals surface area contributed by atoms with Gasteiger partial charge in [0.1, 0.15) is 5.82 Å². The maximum Gasteiger partial charge on any atom is 0.305 e. The summed E-state index contributed by atoms with van der Waals surface area (Å²) in [6.45, 7) is 3.84. The first-order valence-corrected chi connectivity index (χ1v) is 8.55. The monoisotopic (exact) mass is 369 g/mol. The summed E-state index contributed by atoms with van der Waals surface area (Å²) in [7, 11) is 0.